The van der Waals surface area contributed by atoms with Crippen molar-refractivity contribution in [2.24, 2.45) is 0 Å². The highest BCUT2D eigenvalue weighted by Crippen LogP contribution is 2.31. The minimum atomic E-state index is -4.47. The second-order valence-electron chi connectivity index (χ2n) is 9.94. The SMILES string of the molecule is COc1nc(OC)nc(OC(=O)c2cccc3cc(O)ccc23)n1.O=C(Nc1cccc(C(F)(F)F)c1)c1cccc2cc(O)ccc12. The number of amides is 1. The molecule has 0 atom stereocenters. The molecule has 1 aromatic heterocycles. The highest BCUT2D eigenvalue weighted by molar-refractivity contribution is 6.13. The second kappa shape index (κ2) is 13.9. The molecule has 1 amide bonds. The molecular formula is C34H25F3N4O7. The number of alkyl halides is 3. The van der Waals surface area contributed by atoms with E-state index in [2.05, 4.69) is 20.3 Å². The fraction of sp³-hybridized carbons (Fsp3) is 0.0882. The second-order valence-corrected chi connectivity index (χ2v) is 9.94. The van der Waals surface area contributed by atoms with Gasteiger partial charge in [-0.25, -0.2) is 4.79 Å². The third kappa shape index (κ3) is 7.67. The van der Waals surface area contributed by atoms with E-state index < -0.39 is 23.6 Å². The van der Waals surface area contributed by atoms with Gasteiger partial charge in [-0.15, -0.1) is 15.0 Å². The molecule has 0 radical (unpaired) electrons. The summed E-state index contributed by atoms with van der Waals surface area (Å²) >= 11 is 0. The zero-order chi connectivity index (χ0) is 34.4. The predicted octanol–water partition coefficient (Wildman–Crippen LogP) is 6.78. The van der Waals surface area contributed by atoms with Crippen molar-refractivity contribution in [2.45, 2.75) is 6.18 Å². The third-order valence-electron chi connectivity index (χ3n) is 6.76. The van der Waals surface area contributed by atoms with Crippen LogP contribution in [-0.2, 0) is 6.18 Å². The van der Waals surface area contributed by atoms with Gasteiger partial charge in [0.25, 0.3) is 5.91 Å². The van der Waals surface area contributed by atoms with E-state index in [1.165, 1.54) is 44.6 Å². The van der Waals surface area contributed by atoms with Crippen LogP contribution in [0.2, 0.25) is 0 Å². The Labute approximate surface area is 270 Å². The number of fused-ring (bicyclic) bond motifs is 2. The number of rotatable bonds is 6. The number of phenols is 2. The van der Waals surface area contributed by atoms with Gasteiger partial charge in [0.1, 0.15) is 11.5 Å². The molecular weight excluding hydrogens is 633 g/mol. The molecule has 6 rings (SSSR count). The van der Waals surface area contributed by atoms with Gasteiger partial charge in [0, 0.05) is 11.3 Å². The largest absolute Gasteiger partial charge is 0.508 e. The first-order chi connectivity index (χ1) is 22.9. The van der Waals surface area contributed by atoms with Crippen molar-refractivity contribution in [3.8, 4) is 29.5 Å². The van der Waals surface area contributed by atoms with Crippen LogP contribution in [0.25, 0.3) is 21.5 Å². The van der Waals surface area contributed by atoms with Crippen LogP contribution < -0.4 is 19.5 Å². The summed E-state index contributed by atoms with van der Waals surface area (Å²) < 4.78 is 53.2. The zero-order valence-corrected chi connectivity index (χ0v) is 25.1. The van der Waals surface area contributed by atoms with Gasteiger partial charge in [-0.3, -0.25) is 4.79 Å². The van der Waals surface area contributed by atoms with E-state index in [1.807, 2.05) is 0 Å². The summed E-state index contributed by atoms with van der Waals surface area (Å²) in [4.78, 5) is 36.4. The number of carbonyl (C=O) groups excluding carboxylic acids is 2. The lowest BCUT2D eigenvalue weighted by molar-refractivity contribution is -0.137. The van der Waals surface area contributed by atoms with Gasteiger partial charge < -0.3 is 29.7 Å². The number of anilines is 1. The Morgan fingerprint density at radius 2 is 1.19 bits per heavy atom. The summed E-state index contributed by atoms with van der Waals surface area (Å²) in [6.45, 7) is 0. The molecule has 0 saturated heterocycles. The molecule has 48 heavy (non-hydrogen) atoms. The van der Waals surface area contributed by atoms with Gasteiger partial charge in [0.2, 0.25) is 0 Å². The monoisotopic (exact) mass is 658 g/mol. The van der Waals surface area contributed by atoms with Gasteiger partial charge in [0.15, 0.2) is 0 Å². The van der Waals surface area contributed by atoms with E-state index in [0.717, 1.165) is 12.1 Å². The van der Waals surface area contributed by atoms with Gasteiger partial charge in [-0.1, -0.05) is 30.3 Å². The van der Waals surface area contributed by atoms with Crippen molar-refractivity contribution in [3.05, 3.63) is 114 Å². The molecule has 5 aromatic carbocycles. The number of aromatic hydroxyl groups is 2. The highest BCUT2D eigenvalue weighted by atomic mass is 19.4. The zero-order valence-electron chi connectivity index (χ0n) is 25.1. The first-order valence-corrected chi connectivity index (χ1v) is 13.9. The number of benzene rings is 5. The number of esters is 1. The number of phenolic OH excluding ortho intramolecular Hbond substituents is 2. The van der Waals surface area contributed by atoms with Crippen molar-refractivity contribution >= 4 is 39.1 Å². The lowest BCUT2D eigenvalue weighted by Gasteiger charge is -2.11. The maximum atomic E-state index is 12.7. The summed E-state index contributed by atoms with van der Waals surface area (Å²) in [7, 11) is 2.75. The number of methoxy groups -OCH3 is 2. The molecule has 0 aliphatic heterocycles. The number of aromatic nitrogens is 3. The van der Waals surface area contributed by atoms with Gasteiger partial charge >= 0.3 is 30.2 Å². The minimum Gasteiger partial charge on any atom is -0.508 e. The van der Waals surface area contributed by atoms with E-state index in [4.69, 9.17) is 14.2 Å². The predicted molar refractivity (Wildman–Crippen MR) is 169 cm³/mol. The summed E-state index contributed by atoms with van der Waals surface area (Å²) in [5, 5.41) is 24.1. The van der Waals surface area contributed by atoms with Crippen LogP contribution in [0.3, 0.4) is 0 Å². The lowest BCUT2D eigenvalue weighted by Crippen LogP contribution is -2.13. The molecule has 3 N–H and O–H groups in total. The number of nitrogens with one attached hydrogen (secondary N) is 1. The van der Waals surface area contributed by atoms with Crippen LogP contribution in [0.1, 0.15) is 26.3 Å². The van der Waals surface area contributed by atoms with Crippen molar-refractivity contribution in [1.82, 2.24) is 15.0 Å². The summed E-state index contributed by atoms with van der Waals surface area (Å²) in [6, 6.07) is 23.4. The average molecular weight is 659 g/mol. The molecule has 0 spiro atoms. The van der Waals surface area contributed by atoms with Gasteiger partial charge in [-0.2, -0.15) is 13.2 Å². The number of nitrogens with zero attached hydrogens (tertiary/aromatic N) is 3. The quantitative estimate of drug-likeness (QED) is 0.163. The first kappa shape index (κ1) is 32.9. The van der Waals surface area contributed by atoms with E-state index in [1.54, 1.807) is 54.6 Å². The molecule has 0 saturated carbocycles. The maximum Gasteiger partial charge on any atom is 0.416 e. The molecule has 0 fully saturated rings. The number of hydrogen-bond acceptors (Lipinski definition) is 10. The Bertz CT molecular complexity index is 2120. The molecule has 6 aromatic rings. The summed E-state index contributed by atoms with van der Waals surface area (Å²) in [5.74, 6) is -0.995. The van der Waals surface area contributed by atoms with Crippen LogP contribution in [0.15, 0.2) is 97.1 Å². The number of carbonyl (C=O) groups is 2. The van der Waals surface area contributed by atoms with Crippen LogP contribution >= 0.6 is 0 Å². The average Bonchev–Trinajstić information content (AvgIpc) is 3.07. The molecule has 11 nitrogen and oxygen atoms in total. The topological polar surface area (TPSA) is 153 Å². The lowest BCUT2D eigenvalue weighted by atomic mass is 10.0. The minimum absolute atomic E-state index is 0.0347. The molecule has 244 valence electrons. The van der Waals surface area contributed by atoms with E-state index in [9.17, 15) is 33.0 Å². The highest BCUT2D eigenvalue weighted by Gasteiger charge is 2.30. The van der Waals surface area contributed by atoms with E-state index in [0.29, 0.717) is 32.7 Å². The number of ether oxygens (including phenoxy) is 3. The number of halogens is 3. The van der Waals surface area contributed by atoms with Gasteiger partial charge in [-0.05, 0) is 88.3 Å². The third-order valence-corrected chi connectivity index (χ3v) is 6.76. The Kier molecular flexibility index (Phi) is 9.54. The van der Waals surface area contributed by atoms with Crippen LogP contribution in [-0.4, -0.2) is 51.3 Å². The van der Waals surface area contributed by atoms with Crippen LogP contribution in [0.4, 0.5) is 18.9 Å². The maximum absolute atomic E-state index is 12.7. The van der Waals surface area contributed by atoms with Gasteiger partial charge in [0.05, 0.1) is 25.3 Å². The Balaban J connectivity index is 0.000000188. The smallest absolute Gasteiger partial charge is 0.416 e. The van der Waals surface area contributed by atoms with Crippen molar-refractivity contribution < 1.29 is 47.2 Å². The van der Waals surface area contributed by atoms with Crippen molar-refractivity contribution in [1.29, 1.82) is 0 Å². The molecule has 0 unspecified atom stereocenters. The van der Waals surface area contributed by atoms with E-state index >= 15 is 0 Å². The first-order valence-electron chi connectivity index (χ1n) is 13.9. The molecule has 0 aliphatic carbocycles. The van der Waals surface area contributed by atoms with E-state index in [-0.39, 0.29) is 35.2 Å². The normalized spacial score (nSPS) is 10.9. The van der Waals surface area contributed by atoms with Crippen molar-refractivity contribution in [2.75, 3.05) is 19.5 Å². The molecule has 14 heteroatoms. The summed E-state index contributed by atoms with van der Waals surface area (Å²) in [5.41, 5.74) is -0.149. The molecule has 1 heterocycles. The Hall–Kier alpha value is -6.44. The fourth-order valence-corrected chi connectivity index (χ4v) is 4.58. The van der Waals surface area contributed by atoms with Crippen molar-refractivity contribution in [3.63, 3.8) is 0 Å². The van der Waals surface area contributed by atoms with Crippen LogP contribution in [0.5, 0.6) is 29.5 Å². The Morgan fingerprint density at radius 1 is 0.667 bits per heavy atom. The summed E-state index contributed by atoms with van der Waals surface area (Å²) in [6.07, 6.45) is -4.47. The Morgan fingerprint density at radius 3 is 1.75 bits per heavy atom. The van der Waals surface area contributed by atoms with Crippen LogP contribution in [0, 0.1) is 0 Å². The molecule has 0 aliphatic rings. The fourth-order valence-electron chi connectivity index (χ4n) is 4.58. The number of hydrogen-bond donors (Lipinski definition) is 3. The molecule has 0 bridgehead atoms. The standard InChI is InChI=1S/C18H12F3NO2.C16H13N3O5/c19-18(20,21)12-4-2-5-13(10-12)22-17(24)16-6-1-3-11-9-14(23)7-8-15(11)16;1-22-14-17-15(23-2)19-16(18-14)24-13(21)12-5-3-4-9-8-10(20)6-7-11(9)12/h1-10,23H,(H,22,24);3-8,20H,1-2H3.